The second kappa shape index (κ2) is 9.99. The number of hydrogen-bond donors (Lipinski definition) is 2. The molecule has 0 bridgehead atoms. The van der Waals surface area contributed by atoms with E-state index in [1.165, 1.54) is 6.07 Å². The molecule has 3 N–H and O–H groups in total. The lowest BCUT2D eigenvalue weighted by atomic mass is 9.95. The van der Waals surface area contributed by atoms with Crippen molar-refractivity contribution < 1.29 is 13.9 Å². The number of halogens is 1. The van der Waals surface area contributed by atoms with Crippen molar-refractivity contribution in [3.05, 3.63) is 29.6 Å². The summed E-state index contributed by atoms with van der Waals surface area (Å²) >= 11 is 0. The van der Waals surface area contributed by atoms with Crippen LogP contribution in [0.1, 0.15) is 38.7 Å². The van der Waals surface area contributed by atoms with Crippen LogP contribution in [0.2, 0.25) is 0 Å². The molecule has 0 aromatic heterocycles. The second-order valence-electron chi connectivity index (χ2n) is 6.49. The van der Waals surface area contributed by atoms with Crippen LogP contribution in [0, 0.1) is 11.7 Å². The van der Waals surface area contributed by atoms with Crippen LogP contribution < -0.4 is 15.8 Å². The Balaban J connectivity index is 2.06. The van der Waals surface area contributed by atoms with Crippen molar-refractivity contribution in [3.63, 3.8) is 0 Å². The normalized spacial score (nSPS) is 17.9. The van der Waals surface area contributed by atoms with Crippen molar-refractivity contribution in [3.8, 4) is 5.75 Å². The predicted molar refractivity (Wildman–Crippen MR) is 100 cm³/mol. The highest BCUT2D eigenvalue weighted by Gasteiger charge is 2.23. The first-order valence-corrected chi connectivity index (χ1v) is 9.26. The number of primary amides is 1. The van der Waals surface area contributed by atoms with Crippen LogP contribution in [0.15, 0.2) is 23.2 Å². The van der Waals surface area contributed by atoms with Gasteiger partial charge in [0.15, 0.2) is 17.5 Å². The quantitative estimate of drug-likeness (QED) is 0.575. The summed E-state index contributed by atoms with van der Waals surface area (Å²) in [5, 5.41) is 3.28. The van der Waals surface area contributed by atoms with Crippen LogP contribution in [0.25, 0.3) is 0 Å². The van der Waals surface area contributed by atoms with E-state index in [0.717, 1.165) is 44.0 Å². The highest BCUT2D eigenvalue weighted by atomic mass is 19.1. The first-order valence-electron chi connectivity index (χ1n) is 9.26. The minimum atomic E-state index is -0.371. The molecule has 144 valence electrons. The van der Waals surface area contributed by atoms with E-state index in [9.17, 15) is 9.18 Å². The minimum absolute atomic E-state index is 0.257. The molecule has 6 nitrogen and oxygen atoms in total. The number of nitrogens with one attached hydrogen (secondary N) is 1. The summed E-state index contributed by atoms with van der Waals surface area (Å²) in [6, 6.07) is 4.93. The van der Waals surface area contributed by atoms with Gasteiger partial charge in [-0.1, -0.05) is 6.07 Å². The fourth-order valence-electron chi connectivity index (χ4n) is 3.22. The van der Waals surface area contributed by atoms with Crippen LogP contribution in [-0.2, 0) is 11.3 Å². The molecule has 0 radical (unpaired) electrons. The van der Waals surface area contributed by atoms with Gasteiger partial charge in [0.25, 0.3) is 0 Å². The maximum atomic E-state index is 14.0. The van der Waals surface area contributed by atoms with Gasteiger partial charge in [-0.05, 0) is 50.3 Å². The van der Waals surface area contributed by atoms with Crippen LogP contribution in [-0.4, -0.2) is 43.0 Å². The Morgan fingerprint density at radius 1 is 1.46 bits per heavy atom. The molecular weight excluding hydrogens is 335 g/mol. The number of amides is 1. The molecule has 1 aromatic rings. The van der Waals surface area contributed by atoms with Crippen molar-refractivity contribution in [2.45, 2.75) is 39.7 Å². The van der Waals surface area contributed by atoms with Crippen molar-refractivity contribution in [1.82, 2.24) is 10.2 Å². The Morgan fingerprint density at radius 2 is 2.27 bits per heavy atom. The van der Waals surface area contributed by atoms with Gasteiger partial charge in [0.05, 0.1) is 13.2 Å². The number of guanidine groups is 1. The third-order valence-electron chi connectivity index (χ3n) is 4.35. The van der Waals surface area contributed by atoms with Gasteiger partial charge < -0.3 is 20.7 Å². The predicted octanol–water partition coefficient (Wildman–Crippen LogP) is 2.28. The van der Waals surface area contributed by atoms with Gasteiger partial charge in [-0.3, -0.25) is 4.79 Å². The number of nitrogens with zero attached hydrogens (tertiary/aromatic N) is 2. The van der Waals surface area contributed by atoms with Crippen molar-refractivity contribution in [1.29, 1.82) is 0 Å². The zero-order valence-electron chi connectivity index (χ0n) is 15.6. The topological polar surface area (TPSA) is 80.0 Å². The van der Waals surface area contributed by atoms with Gasteiger partial charge >= 0.3 is 0 Å². The lowest BCUT2D eigenvalue weighted by Gasteiger charge is -2.34. The SMILES string of the molecule is CCNC(=NCc1ccc(OCC)c(F)c1)N1CCCC(CC(N)=O)C1. The van der Waals surface area contributed by atoms with Crippen LogP contribution in [0.4, 0.5) is 4.39 Å². The Kier molecular flexibility index (Phi) is 7.69. The minimum Gasteiger partial charge on any atom is -0.491 e. The van der Waals surface area contributed by atoms with E-state index in [4.69, 9.17) is 10.5 Å². The van der Waals surface area contributed by atoms with Crippen molar-refractivity contribution >= 4 is 11.9 Å². The smallest absolute Gasteiger partial charge is 0.217 e. The molecule has 0 aliphatic carbocycles. The number of carbonyl (C=O) groups is 1. The summed E-state index contributed by atoms with van der Waals surface area (Å²) in [6.07, 6.45) is 2.41. The number of likely N-dealkylation sites (tertiary alicyclic amines) is 1. The molecular formula is C19H29FN4O2. The first-order chi connectivity index (χ1) is 12.5. The van der Waals surface area contributed by atoms with Gasteiger partial charge in [-0.2, -0.15) is 0 Å². The lowest BCUT2D eigenvalue weighted by Crippen LogP contribution is -2.47. The van der Waals surface area contributed by atoms with Crippen molar-refractivity contribution in [2.24, 2.45) is 16.6 Å². The molecule has 26 heavy (non-hydrogen) atoms. The number of piperidine rings is 1. The van der Waals surface area contributed by atoms with E-state index in [-0.39, 0.29) is 23.4 Å². The summed E-state index contributed by atoms with van der Waals surface area (Å²) < 4.78 is 19.2. The molecule has 1 unspecified atom stereocenters. The van der Waals surface area contributed by atoms with Crippen LogP contribution in [0.5, 0.6) is 5.75 Å². The monoisotopic (exact) mass is 364 g/mol. The van der Waals surface area contributed by atoms with Gasteiger partial charge in [-0.25, -0.2) is 9.38 Å². The third kappa shape index (κ3) is 5.89. The van der Waals surface area contributed by atoms with E-state index in [0.29, 0.717) is 19.6 Å². The zero-order valence-corrected chi connectivity index (χ0v) is 15.6. The molecule has 1 saturated heterocycles. The summed E-state index contributed by atoms with van der Waals surface area (Å²) in [6.45, 7) is 7.03. The molecule has 0 saturated carbocycles. The van der Waals surface area contributed by atoms with Gasteiger partial charge in [0, 0.05) is 26.1 Å². The largest absolute Gasteiger partial charge is 0.491 e. The Morgan fingerprint density at radius 3 is 2.92 bits per heavy atom. The Labute approximate surface area is 154 Å². The lowest BCUT2D eigenvalue weighted by molar-refractivity contribution is -0.119. The van der Waals surface area contributed by atoms with E-state index in [1.54, 1.807) is 6.07 Å². The van der Waals surface area contributed by atoms with E-state index < -0.39 is 0 Å². The average molecular weight is 364 g/mol. The molecule has 0 spiro atoms. The zero-order chi connectivity index (χ0) is 18.9. The maximum Gasteiger partial charge on any atom is 0.217 e. The van der Waals surface area contributed by atoms with E-state index in [2.05, 4.69) is 15.2 Å². The van der Waals surface area contributed by atoms with Gasteiger partial charge in [-0.15, -0.1) is 0 Å². The number of ether oxygens (including phenoxy) is 1. The highest BCUT2D eigenvalue weighted by molar-refractivity contribution is 5.80. The molecule has 7 heteroatoms. The molecule has 1 atom stereocenters. The molecule has 1 fully saturated rings. The number of aliphatic imine (C=N–C) groups is 1. The number of hydrogen-bond acceptors (Lipinski definition) is 3. The fourth-order valence-corrected chi connectivity index (χ4v) is 3.22. The summed E-state index contributed by atoms with van der Waals surface area (Å²) in [4.78, 5) is 18.0. The maximum absolute atomic E-state index is 14.0. The Hall–Kier alpha value is -2.31. The fraction of sp³-hybridized carbons (Fsp3) is 0.579. The molecule has 2 rings (SSSR count). The van der Waals surface area contributed by atoms with E-state index >= 15 is 0 Å². The van der Waals surface area contributed by atoms with Gasteiger partial charge in [0.2, 0.25) is 5.91 Å². The van der Waals surface area contributed by atoms with Crippen LogP contribution in [0.3, 0.4) is 0 Å². The summed E-state index contributed by atoms with van der Waals surface area (Å²) in [5.74, 6) is 0.675. The highest BCUT2D eigenvalue weighted by Crippen LogP contribution is 2.21. The third-order valence-corrected chi connectivity index (χ3v) is 4.35. The molecule has 1 aliphatic heterocycles. The molecule has 1 heterocycles. The molecule has 1 aliphatic rings. The standard InChI is InChI=1S/C19H29FN4O2/c1-3-22-19(24-9-5-6-15(13-24)11-18(21)25)23-12-14-7-8-17(26-4-2)16(20)10-14/h7-8,10,15H,3-6,9,11-13H2,1-2H3,(H2,21,25)(H,22,23). The average Bonchev–Trinajstić information content (AvgIpc) is 2.60. The number of benzene rings is 1. The van der Waals surface area contributed by atoms with Crippen molar-refractivity contribution in [2.75, 3.05) is 26.2 Å². The van der Waals surface area contributed by atoms with Crippen LogP contribution >= 0.6 is 0 Å². The molecule has 1 aromatic carbocycles. The first kappa shape index (κ1) is 20.0. The summed E-state index contributed by atoms with van der Waals surface area (Å²) in [7, 11) is 0. The second-order valence-corrected chi connectivity index (χ2v) is 6.49. The number of rotatable bonds is 7. The van der Waals surface area contributed by atoms with Gasteiger partial charge in [0.1, 0.15) is 0 Å². The number of nitrogens with two attached hydrogens (primary N) is 1. The van der Waals surface area contributed by atoms with E-state index in [1.807, 2.05) is 19.9 Å². The molecule has 1 amide bonds. The summed E-state index contributed by atoms with van der Waals surface area (Å²) in [5.41, 5.74) is 6.12. The Bertz CT molecular complexity index is 636. The number of carbonyl (C=O) groups excluding carboxylic acids is 1.